The van der Waals surface area contributed by atoms with Crippen LogP contribution in [0.1, 0.15) is 24.5 Å². The minimum Gasteiger partial charge on any atom is -0.480 e. The van der Waals surface area contributed by atoms with Crippen molar-refractivity contribution in [2.75, 3.05) is 5.32 Å². The summed E-state index contributed by atoms with van der Waals surface area (Å²) in [7, 11) is 0. The molecule has 1 unspecified atom stereocenters. The van der Waals surface area contributed by atoms with E-state index >= 15 is 0 Å². The Morgan fingerprint density at radius 2 is 1.86 bits per heavy atom. The number of anilines is 1. The van der Waals surface area contributed by atoms with Crippen LogP contribution in [0, 0.1) is 13.8 Å². The van der Waals surface area contributed by atoms with Crippen molar-refractivity contribution in [2.24, 2.45) is 0 Å². The molecule has 1 amide bonds. The number of ether oxygens (including phenoxy) is 1. The predicted molar refractivity (Wildman–Crippen MR) is 93.4 cm³/mol. The van der Waals surface area contributed by atoms with Crippen molar-refractivity contribution in [1.29, 1.82) is 0 Å². The number of aryl methyl sites for hydroxylation is 2. The fourth-order valence-corrected chi connectivity index (χ4v) is 2.43. The van der Waals surface area contributed by atoms with Crippen LogP contribution < -0.4 is 10.1 Å². The average Bonchev–Trinajstić information content (AvgIpc) is 2.49. The summed E-state index contributed by atoms with van der Waals surface area (Å²) in [4.78, 5) is 12.4. The van der Waals surface area contributed by atoms with Gasteiger partial charge in [0.1, 0.15) is 5.75 Å². The zero-order valence-corrected chi connectivity index (χ0v) is 14.6. The SMILES string of the molecule is CCC(Oc1ccc(C)cc1C)C(=O)Nc1ccc(Br)cc1. The van der Waals surface area contributed by atoms with Crippen LogP contribution in [0.4, 0.5) is 5.69 Å². The highest BCUT2D eigenvalue weighted by molar-refractivity contribution is 9.10. The molecular weight excluding hydrogens is 342 g/mol. The first-order chi connectivity index (χ1) is 10.5. The van der Waals surface area contributed by atoms with Gasteiger partial charge in [-0.3, -0.25) is 4.79 Å². The zero-order valence-electron chi connectivity index (χ0n) is 13.0. The van der Waals surface area contributed by atoms with E-state index in [9.17, 15) is 4.79 Å². The second-order valence-corrected chi connectivity index (χ2v) is 6.20. The molecule has 2 aromatic rings. The molecule has 0 aromatic heterocycles. The van der Waals surface area contributed by atoms with Crippen LogP contribution in [0.25, 0.3) is 0 Å². The van der Waals surface area contributed by atoms with E-state index < -0.39 is 6.10 Å². The van der Waals surface area contributed by atoms with Crippen molar-refractivity contribution in [3.05, 3.63) is 58.1 Å². The van der Waals surface area contributed by atoms with Crippen molar-refractivity contribution in [1.82, 2.24) is 0 Å². The topological polar surface area (TPSA) is 38.3 Å². The van der Waals surface area contributed by atoms with Gasteiger partial charge in [0.2, 0.25) is 0 Å². The van der Waals surface area contributed by atoms with E-state index in [-0.39, 0.29) is 5.91 Å². The van der Waals surface area contributed by atoms with Crippen molar-refractivity contribution >= 4 is 27.5 Å². The number of amides is 1. The van der Waals surface area contributed by atoms with Crippen LogP contribution in [0.15, 0.2) is 46.9 Å². The summed E-state index contributed by atoms with van der Waals surface area (Å²) in [6.07, 6.45) is 0.0976. The van der Waals surface area contributed by atoms with E-state index in [0.29, 0.717) is 6.42 Å². The Labute approximate surface area is 139 Å². The molecule has 0 fully saturated rings. The molecule has 4 heteroatoms. The van der Waals surface area contributed by atoms with Crippen molar-refractivity contribution < 1.29 is 9.53 Å². The molecule has 1 atom stereocenters. The van der Waals surface area contributed by atoms with Crippen LogP contribution in [0.2, 0.25) is 0 Å². The Bertz CT molecular complexity index is 653. The molecule has 0 aliphatic carbocycles. The van der Waals surface area contributed by atoms with Gasteiger partial charge in [0.25, 0.3) is 5.91 Å². The molecule has 0 bridgehead atoms. The van der Waals surface area contributed by atoms with Gasteiger partial charge in [-0.25, -0.2) is 0 Å². The maximum Gasteiger partial charge on any atom is 0.265 e. The summed E-state index contributed by atoms with van der Waals surface area (Å²) in [6, 6.07) is 13.4. The minimum absolute atomic E-state index is 0.134. The number of benzene rings is 2. The van der Waals surface area contributed by atoms with Crippen LogP contribution >= 0.6 is 15.9 Å². The highest BCUT2D eigenvalue weighted by Gasteiger charge is 2.19. The molecule has 3 nitrogen and oxygen atoms in total. The lowest BCUT2D eigenvalue weighted by atomic mass is 10.1. The maximum atomic E-state index is 12.4. The molecule has 1 N–H and O–H groups in total. The number of carbonyl (C=O) groups is 1. The normalized spacial score (nSPS) is 11.8. The van der Waals surface area contributed by atoms with Gasteiger partial charge >= 0.3 is 0 Å². The number of hydrogen-bond acceptors (Lipinski definition) is 2. The van der Waals surface area contributed by atoms with Crippen molar-refractivity contribution in [3.8, 4) is 5.75 Å². The second kappa shape index (κ2) is 7.45. The first-order valence-corrected chi connectivity index (χ1v) is 8.09. The second-order valence-electron chi connectivity index (χ2n) is 5.28. The van der Waals surface area contributed by atoms with E-state index in [2.05, 4.69) is 27.3 Å². The first kappa shape index (κ1) is 16.6. The summed E-state index contributed by atoms with van der Waals surface area (Å²) in [5.74, 6) is 0.619. The largest absolute Gasteiger partial charge is 0.480 e. The molecule has 0 radical (unpaired) electrons. The maximum absolute atomic E-state index is 12.4. The molecule has 0 aliphatic rings. The first-order valence-electron chi connectivity index (χ1n) is 7.30. The molecule has 0 heterocycles. The zero-order chi connectivity index (χ0) is 16.1. The van der Waals surface area contributed by atoms with Gasteiger partial charge in [0.05, 0.1) is 0 Å². The Morgan fingerprint density at radius 3 is 2.45 bits per heavy atom. The standard InChI is InChI=1S/C18H20BrNO2/c1-4-16(22-17-10-5-12(2)11-13(17)3)18(21)20-15-8-6-14(19)7-9-15/h5-11,16H,4H2,1-3H3,(H,20,21). The Morgan fingerprint density at radius 1 is 1.18 bits per heavy atom. The fourth-order valence-electron chi connectivity index (χ4n) is 2.16. The van der Waals surface area contributed by atoms with Crippen LogP contribution in [-0.4, -0.2) is 12.0 Å². The summed E-state index contributed by atoms with van der Waals surface area (Å²) >= 11 is 3.37. The third-order valence-corrected chi connectivity index (χ3v) is 3.90. The summed E-state index contributed by atoms with van der Waals surface area (Å²) in [5, 5.41) is 2.89. The number of halogens is 1. The monoisotopic (exact) mass is 361 g/mol. The molecule has 0 saturated heterocycles. The van der Waals surface area contributed by atoms with Gasteiger partial charge in [0.15, 0.2) is 6.10 Å². The van der Waals surface area contributed by atoms with Gasteiger partial charge in [-0.05, 0) is 56.2 Å². The van der Waals surface area contributed by atoms with Gasteiger partial charge in [-0.1, -0.05) is 40.5 Å². The highest BCUT2D eigenvalue weighted by atomic mass is 79.9. The van der Waals surface area contributed by atoms with E-state index in [1.807, 2.05) is 57.2 Å². The van der Waals surface area contributed by atoms with Gasteiger partial charge in [-0.2, -0.15) is 0 Å². The molecule has 0 spiro atoms. The molecule has 0 aliphatic heterocycles. The molecule has 22 heavy (non-hydrogen) atoms. The lowest BCUT2D eigenvalue weighted by Crippen LogP contribution is -2.32. The molecule has 2 rings (SSSR count). The predicted octanol–water partition coefficient (Wildman–Crippen LogP) is 4.86. The van der Waals surface area contributed by atoms with E-state index in [0.717, 1.165) is 21.5 Å². The van der Waals surface area contributed by atoms with E-state index in [1.54, 1.807) is 0 Å². The van der Waals surface area contributed by atoms with Gasteiger partial charge in [-0.15, -0.1) is 0 Å². The van der Waals surface area contributed by atoms with E-state index in [4.69, 9.17) is 4.74 Å². The third kappa shape index (κ3) is 4.34. The van der Waals surface area contributed by atoms with Gasteiger partial charge < -0.3 is 10.1 Å². The summed E-state index contributed by atoms with van der Waals surface area (Å²) in [6.45, 7) is 5.96. The van der Waals surface area contributed by atoms with Crippen LogP contribution in [0.3, 0.4) is 0 Å². The number of nitrogens with one attached hydrogen (secondary N) is 1. The quantitative estimate of drug-likeness (QED) is 0.825. The molecule has 0 saturated carbocycles. The van der Waals surface area contributed by atoms with Crippen LogP contribution in [-0.2, 0) is 4.79 Å². The Hall–Kier alpha value is -1.81. The lowest BCUT2D eigenvalue weighted by Gasteiger charge is -2.19. The number of hydrogen-bond donors (Lipinski definition) is 1. The Balaban J connectivity index is 2.07. The third-order valence-electron chi connectivity index (χ3n) is 3.37. The smallest absolute Gasteiger partial charge is 0.265 e. The minimum atomic E-state index is -0.509. The lowest BCUT2D eigenvalue weighted by molar-refractivity contribution is -0.122. The summed E-state index contributed by atoms with van der Waals surface area (Å²) in [5.41, 5.74) is 2.97. The van der Waals surface area contributed by atoms with Crippen molar-refractivity contribution in [2.45, 2.75) is 33.3 Å². The van der Waals surface area contributed by atoms with Crippen LogP contribution in [0.5, 0.6) is 5.75 Å². The van der Waals surface area contributed by atoms with Gasteiger partial charge in [0, 0.05) is 10.2 Å². The Kier molecular flexibility index (Phi) is 5.61. The number of rotatable bonds is 5. The highest BCUT2D eigenvalue weighted by Crippen LogP contribution is 2.21. The van der Waals surface area contributed by atoms with E-state index in [1.165, 1.54) is 5.56 Å². The van der Waals surface area contributed by atoms with Crippen molar-refractivity contribution in [3.63, 3.8) is 0 Å². The fraction of sp³-hybridized carbons (Fsp3) is 0.278. The molecular formula is C18H20BrNO2. The summed E-state index contributed by atoms with van der Waals surface area (Å²) < 4.78 is 6.86. The average molecular weight is 362 g/mol. The molecule has 2 aromatic carbocycles. The number of carbonyl (C=O) groups excluding carboxylic acids is 1. The molecule has 116 valence electrons.